The number of hydrogen-bond acceptors (Lipinski definition) is 6. The predicted octanol–water partition coefficient (Wildman–Crippen LogP) is 24.2. The topological polar surface area (TPSA) is 78.9 Å². The first kappa shape index (κ1) is 77.6. The van der Waals surface area contributed by atoms with E-state index in [2.05, 4.69) is 106 Å². The lowest BCUT2D eigenvalue weighted by molar-refractivity contribution is -0.167. The largest absolute Gasteiger partial charge is 0.462 e. The van der Waals surface area contributed by atoms with Crippen molar-refractivity contribution in [1.82, 2.24) is 0 Å². The Balaban J connectivity index is 4.36. The number of esters is 3. The number of carbonyl (C=O) groups is 3. The predicted molar refractivity (Wildman–Crippen MR) is 353 cm³/mol. The average molecular weight is 1130 g/mol. The molecule has 81 heavy (non-hydrogen) atoms. The molecule has 0 heterocycles. The molecule has 0 saturated carbocycles. The maximum atomic E-state index is 13.0. The molecule has 0 fully saturated rings. The van der Waals surface area contributed by atoms with E-state index in [1.807, 2.05) is 0 Å². The van der Waals surface area contributed by atoms with Crippen molar-refractivity contribution in [3.05, 3.63) is 85.1 Å². The quantitative estimate of drug-likeness (QED) is 0.0261. The molecule has 0 aromatic rings. The van der Waals surface area contributed by atoms with Gasteiger partial charge in [-0.15, -0.1) is 0 Å². The highest BCUT2D eigenvalue weighted by Crippen LogP contribution is 2.17. The zero-order chi connectivity index (χ0) is 58.5. The fraction of sp³-hybridized carbons (Fsp3) is 0.773. The van der Waals surface area contributed by atoms with Gasteiger partial charge in [-0.1, -0.05) is 298 Å². The zero-order valence-electron chi connectivity index (χ0n) is 53.8. The monoisotopic (exact) mass is 1130 g/mol. The number of allylic oxidation sites excluding steroid dienone is 14. The van der Waals surface area contributed by atoms with Crippen LogP contribution in [0.4, 0.5) is 0 Å². The Labute approximate surface area is 503 Å². The molecule has 6 heteroatoms. The molecule has 0 aliphatic heterocycles. The van der Waals surface area contributed by atoms with Crippen molar-refractivity contribution >= 4 is 17.9 Å². The fourth-order valence-electron chi connectivity index (χ4n) is 10.0. The van der Waals surface area contributed by atoms with Crippen molar-refractivity contribution in [2.75, 3.05) is 13.2 Å². The lowest BCUT2D eigenvalue weighted by Crippen LogP contribution is -2.30. The van der Waals surface area contributed by atoms with Gasteiger partial charge in [0.1, 0.15) is 13.2 Å². The summed E-state index contributed by atoms with van der Waals surface area (Å²) in [5.74, 6) is -0.874. The van der Waals surface area contributed by atoms with Crippen LogP contribution in [0, 0.1) is 0 Å². The molecule has 0 rings (SSSR count). The van der Waals surface area contributed by atoms with Gasteiger partial charge in [0.2, 0.25) is 0 Å². The molecule has 0 spiro atoms. The van der Waals surface area contributed by atoms with Gasteiger partial charge in [-0.05, 0) is 122 Å². The third kappa shape index (κ3) is 67.3. The summed E-state index contributed by atoms with van der Waals surface area (Å²) < 4.78 is 17.0. The molecule has 0 N–H and O–H groups in total. The van der Waals surface area contributed by atoms with E-state index in [9.17, 15) is 14.4 Å². The van der Waals surface area contributed by atoms with Crippen LogP contribution in [0.1, 0.15) is 355 Å². The Morgan fingerprint density at radius 3 is 0.716 bits per heavy atom. The summed E-state index contributed by atoms with van der Waals surface area (Å²) in [6.07, 6.45) is 91.6. The van der Waals surface area contributed by atoms with E-state index < -0.39 is 6.10 Å². The van der Waals surface area contributed by atoms with E-state index in [1.54, 1.807) is 0 Å². The molecule has 468 valence electrons. The highest BCUT2D eigenvalue weighted by molar-refractivity contribution is 5.71. The summed E-state index contributed by atoms with van der Waals surface area (Å²) in [5.41, 5.74) is 0. The highest BCUT2D eigenvalue weighted by Gasteiger charge is 2.19. The van der Waals surface area contributed by atoms with Gasteiger partial charge < -0.3 is 14.2 Å². The second kappa shape index (κ2) is 69.1. The van der Waals surface area contributed by atoms with Crippen molar-refractivity contribution in [1.29, 1.82) is 0 Å². The van der Waals surface area contributed by atoms with Gasteiger partial charge in [0.05, 0.1) is 0 Å². The first-order valence-corrected chi connectivity index (χ1v) is 35.1. The molecule has 0 aromatic carbocycles. The van der Waals surface area contributed by atoms with Crippen molar-refractivity contribution in [3.8, 4) is 0 Å². The van der Waals surface area contributed by atoms with E-state index >= 15 is 0 Å². The second-order valence-corrected chi connectivity index (χ2v) is 23.4. The molecule has 0 amide bonds. The van der Waals surface area contributed by atoms with Crippen LogP contribution < -0.4 is 0 Å². The van der Waals surface area contributed by atoms with Gasteiger partial charge in [0.15, 0.2) is 6.10 Å². The smallest absolute Gasteiger partial charge is 0.306 e. The minimum Gasteiger partial charge on any atom is -0.462 e. The lowest BCUT2D eigenvalue weighted by Gasteiger charge is -2.18. The molecule has 0 saturated heterocycles. The van der Waals surface area contributed by atoms with Gasteiger partial charge in [0.25, 0.3) is 0 Å². The van der Waals surface area contributed by atoms with Gasteiger partial charge in [-0.2, -0.15) is 0 Å². The third-order valence-electron chi connectivity index (χ3n) is 15.3. The number of ether oxygens (including phenoxy) is 3. The molecular formula is C75H132O6. The summed E-state index contributed by atoms with van der Waals surface area (Å²) in [4.78, 5) is 38.5. The van der Waals surface area contributed by atoms with Crippen molar-refractivity contribution < 1.29 is 28.6 Å². The van der Waals surface area contributed by atoms with Crippen LogP contribution in [0.5, 0.6) is 0 Å². The normalized spacial score (nSPS) is 12.6. The number of hydrogen-bond donors (Lipinski definition) is 0. The fourth-order valence-corrected chi connectivity index (χ4v) is 10.0. The Hall–Kier alpha value is -3.41. The molecule has 1 atom stereocenters. The Kier molecular flexibility index (Phi) is 66.2. The van der Waals surface area contributed by atoms with Crippen LogP contribution in [0.2, 0.25) is 0 Å². The number of carbonyl (C=O) groups excluding carboxylic acids is 3. The molecule has 6 nitrogen and oxygen atoms in total. The van der Waals surface area contributed by atoms with Gasteiger partial charge in [0, 0.05) is 19.3 Å². The maximum absolute atomic E-state index is 13.0. The SMILES string of the molecule is CCCCC/C=C\C/C=C\CCCCCCCCCCCC(=O)OCC(COC(=O)CCCCCCCCCCCC/C=C\C/C=C\C/C=C\CCCCCCC)OC(=O)CCCCCCCCCCC/C=C\C/C=C\CCCCC. The third-order valence-corrected chi connectivity index (χ3v) is 15.3. The number of unbranched alkanes of at least 4 members (excludes halogenated alkanes) is 39. The summed E-state index contributed by atoms with van der Waals surface area (Å²) in [5, 5.41) is 0. The molecule has 0 aliphatic carbocycles. The number of rotatable bonds is 64. The zero-order valence-corrected chi connectivity index (χ0v) is 53.8. The molecule has 0 radical (unpaired) electrons. The summed E-state index contributed by atoms with van der Waals surface area (Å²) in [7, 11) is 0. The average Bonchev–Trinajstić information content (AvgIpc) is 3.47. The maximum Gasteiger partial charge on any atom is 0.306 e. The van der Waals surface area contributed by atoms with Crippen molar-refractivity contribution in [2.24, 2.45) is 0 Å². The first-order chi connectivity index (χ1) is 40.0. The van der Waals surface area contributed by atoms with Crippen LogP contribution in [-0.2, 0) is 28.6 Å². The Morgan fingerprint density at radius 1 is 0.247 bits per heavy atom. The van der Waals surface area contributed by atoms with E-state index in [0.29, 0.717) is 19.3 Å². The summed E-state index contributed by atoms with van der Waals surface area (Å²) in [6, 6.07) is 0. The standard InChI is InChI=1S/C75H132O6/c1-4-7-10-13-16-19-22-25-28-31-34-35-36-37-38-39-42-44-47-50-53-56-59-62-65-68-74(77)80-71-72(81-75(78)69-66-63-60-57-54-51-48-45-41-33-30-27-24-21-18-15-12-9-6-3)70-79-73(76)67-64-61-58-55-52-49-46-43-40-32-29-26-23-20-17-14-11-8-5-2/h17-18,20-22,25-27,29-31,34,36-37,72H,4-16,19,23-24,28,32-33,35,38-71H2,1-3H3/b20-17-,21-18-,25-22-,29-26-,30-27-,34-31-,37-36-. The lowest BCUT2D eigenvalue weighted by atomic mass is 10.0. The Bertz CT molecular complexity index is 1530. The van der Waals surface area contributed by atoms with Crippen molar-refractivity contribution in [3.63, 3.8) is 0 Å². The minimum absolute atomic E-state index is 0.0800. The molecule has 0 bridgehead atoms. The van der Waals surface area contributed by atoms with Gasteiger partial charge >= 0.3 is 17.9 Å². The van der Waals surface area contributed by atoms with Crippen molar-refractivity contribution in [2.45, 2.75) is 361 Å². The summed E-state index contributed by atoms with van der Waals surface area (Å²) in [6.45, 7) is 6.62. The van der Waals surface area contributed by atoms with Crippen LogP contribution in [0.25, 0.3) is 0 Å². The van der Waals surface area contributed by atoms with Gasteiger partial charge in [-0.25, -0.2) is 0 Å². The van der Waals surface area contributed by atoms with Crippen LogP contribution in [0.3, 0.4) is 0 Å². The van der Waals surface area contributed by atoms with E-state index in [-0.39, 0.29) is 31.1 Å². The van der Waals surface area contributed by atoms with Gasteiger partial charge in [-0.3, -0.25) is 14.4 Å². The van der Waals surface area contributed by atoms with E-state index in [1.165, 1.54) is 231 Å². The summed E-state index contributed by atoms with van der Waals surface area (Å²) >= 11 is 0. The molecular weight excluding hydrogens is 997 g/mol. The minimum atomic E-state index is -0.785. The van der Waals surface area contributed by atoms with Crippen LogP contribution in [0.15, 0.2) is 85.1 Å². The second-order valence-electron chi connectivity index (χ2n) is 23.4. The van der Waals surface area contributed by atoms with E-state index in [4.69, 9.17) is 14.2 Å². The Morgan fingerprint density at radius 2 is 0.444 bits per heavy atom. The van der Waals surface area contributed by atoms with Crippen LogP contribution >= 0.6 is 0 Å². The van der Waals surface area contributed by atoms with Crippen LogP contribution in [-0.4, -0.2) is 37.2 Å². The molecule has 0 aromatic heterocycles. The molecule has 1 unspecified atom stereocenters. The highest BCUT2D eigenvalue weighted by atomic mass is 16.6. The van der Waals surface area contributed by atoms with E-state index in [0.717, 1.165) is 83.5 Å². The molecule has 0 aliphatic rings. The first-order valence-electron chi connectivity index (χ1n) is 35.1.